The van der Waals surface area contributed by atoms with E-state index >= 15 is 0 Å². The number of hydrogen-bond donors (Lipinski definition) is 1. The van der Waals surface area contributed by atoms with Gasteiger partial charge in [-0.1, -0.05) is 22.0 Å². The number of benzene rings is 1. The average molecular weight is 408 g/mol. The fraction of sp³-hybridized carbons (Fsp3) is 0.467. The molecule has 1 aromatic rings. The minimum atomic E-state index is -2.00. The second-order valence-corrected chi connectivity index (χ2v) is 8.41. The Balaban J connectivity index is 2.54. The van der Waals surface area contributed by atoms with Crippen LogP contribution in [0.25, 0.3) is 0 Å². The van der Waals surface area contributed by atoms with E-state index in [2.05, 4.69) is 22.5 Å². The van der Waals surface area contributed by atoms with Gasteiger partial charge in [0.25, 0.3) is 0 Å². The monoisotopic (exact) mass is 407 g/mol. The zero-order chi connectivity index (χ0) is 17.5. The van der Waals surface area contributed by atoms with Crippen LogP contribution in [0.4, 0.5) is 8.78 Å². The Hall–Kier alpha value is -0.510. The molecule has 1 saturated heterocycles. The molecule has 2 N–H and O–H groups in total. The lowest BCUT2D eigenvalue weighted by molar-refractivity contribution is -0.888. The van der Waals surface area contributed by atoms with Gasteiger partial charge in [0.1, 0.15) is 34.7 Å². The third-order valence-corrected chi connectivity index (χ3v) is 6.56. The Morgan fingerprint density at radius 1 is 1.57 bits per heavy atom. The van der Waals surface area contributed by atoms with Crippen LogP contribution in [-0.2, 0) is 4.75 Å². The van der Waals surface area contributed by atoms with Crippen molar-refractivity contribution in [1.82, 2.24) is 0 Å². The van der Waals surface area contributed by atoms with Crippen LogP contribution in [0, 0.1) is 16.2 Å². The van der Waals surface area contributed by atoms with Gasteiger partial charge in [-0.05, 0) is 25.1 Å². The first-order valence-electron chi connectivity index (χ1n) is 6.98. The van der Waals surface area contributed by atoms with Crippen molar-refractivity contribution in [3.8, 4) is 0 Å². The fourth-order valence-electron chi connectivity index (χ4n) is 2.81. The van der Waals surface area contributed by atoms with Gasteiger partial charge in [-0.2, -0.15) is 0 Å². The van der Waals surface area contributed by atoms with Gasteiger partial charge in [0.2, 0.25) is 0 Å². The molecule has 1 aliphatic heterocycles. The van der Waals surface area contributed by atoms with Gasteiger partial charge in [0.05, 0.1) is 0 Å². The van der Waals surface area contributed by atoms with Gasteiger partial charge >= 0.3 is 0 Å². The highest BCUT2D eigenvalue weighted by Gasteiger charge is 2.55. The highest BCUT2D eigenvalue weighted by Crippen LogP contribution is 2.52. The highest BCUT2D eigenvalue weighted by atomic mass is 79.9. The Morgan fingerprint density at radius 3 is 2.74 bits per heavy atom. The molecule has 2 rings (SSSR count). The van der Waals surface area contributed by atoms with E-state index in [1.807, 2.05) is 0 Å². The van der Waals surface area contributed by atoms with Crippen LogP contribution < -0.4 is 5.73 Å². The van der Waals surface area contributed by atoms with E-state index < -0.39 is 39.5 Å². The van der Waals surface area contributed by atoms with Crippen LogP contribution in [0.5, 0.6) is 0 Å². The summed E-state index contributed by atoms with van der Waals surface area (Å²) >= 11 is 4.14. The summed E-state index contributed by atoms with van der Waals surface area (Å²) in [5.41, 5.74) is 4.63. The molecule has 3 atom stereocenters. The number of hydroxylamine groups is 4. The third kappa shape index (κ3) is 3.08. The normalized spacial score (nSPS) is 33.4. The summed E-state index contributed by atoms with van der Waals surface area (Å²) < 4.78 is 27.1. The number of thioether (sulfide) groups is 1. The molecule has 1 aliphatic rings. The van der Waals surface area contributed by atoms with Crippen molar-refractivity contribution in [2.45, 2.75) is 29.0 Å². The highest BCUT2D eigenvalue weighted by molar-refractivity contribution is 9.10. The molecule has 1 unspecified atom stereocenters. The summed E-state index contributed by atoms with van der Waals surface area (Å²) in [5.74, 6) is -0.669. The Bertz CT molecular complexity index is 619. The van der Waals surface area contributed by atoms with Crippen molar-refractivity contribution in [2.75, 3.05) is 13.2 Å². The maximum absolute atomic E-state index is 14.2. The average Bonchev–Trinajstić information content (AvgIpc) is 2.47. The Morgan fingerprint density at radius 2 is 2.22 bits per heavy atom. The van der Waals surface area contributed by atoms with Gasteiger partial charge in [0.15, 0.2) is 0 Å². The van der Waals surface area contributed by atoms with E-state index in [1.54, 1.807) is 0 Å². The van der Waals surface area contributed by atoms with Gasteiger partial charge in [-0.3, -0.25) is 0 Å². The number of alkyl halides is 1. The second kappa shape index (κ2) is 6.42. The Kier molecular flexibility index (Phi) is 5.25. The first-order valence-corrected chi connectivity index (χ1v) is 8.65. The molecule has 1 aromatic carbocycles. The number of hydrogen-bond acceptors (Lipinski definition) is 4. The molecular formula is C15H18BrF2N2O2S-. The lowest BCUT2D eigenvalue weighted by Gasteiger charge is -2.66. The molecule has 0 spiro atoms. The smallest absolute Gasteiger partial charge is 0.128 e. The van der Waals surface area contributed by atoms with Gasteiger partial charge in [-0.25, -0.2) is 8.78 Å². The maximum Gasteiger partial charge on any atom is 0.128 e. The second-order valence-electron chi connectivity index (χ2n) is 5.97. The molecular weight excluding hydrogens is 390 g/mol. The third-order valence-electron chi connectivity index (χ3n) is 4.40. The molecule has 0 radical (unpaired) electrons. The van der Waals surface area contributed by atoms with Crippen LogP contribution in [0.15, 0.2) is 35.3 Å². The van der Waals surface area contributed by atoms with Crippen molar-refractivity contribution in [3.63, 3.8) is 0 Å². The summed E-state index contributed by atoms with van der Waals surface area (Å²) in [6, 6.07) is 4.03. The zero-order valence-electron chi connectivity index (χ0n) is 12.6. The summed E-state index contributed by atoms with van der Waals surface area (Å²) in [6.07, 6.45) is 1.54. The van der Waals surface area contributed by atoms with Gasteiger partial charge < -0.3 is 21.0 Å². The minimum Gasteiger partial charge on any atom is -0.631 e. The molecule has 23 heavy (non-hydrogen) atoms. The number of halogens is 3. The van der Waals surface area contributed by atoms with E-state index in [4.69, 9.17) is 5.73 Å². The van der Waals surface area contributed by atoms with Crippen molar-refractivity contribution in [1.29, 1.82) is 0 Å². The molecule has 8 heteroatoms. The van der Waals surface area contributed by atoms with E-state index in [0.717, 1.165) is 11.8 Å². The molecule has 0 bridgehead atoms. The predicted molar refractivity (Wildman–Crippen MR) is 92.4 cm³/mol. The first kappa shape index (κ1) is 18.8. The summed E-state index contributed by atoms with van der Waals surface area (Å²) in [5, 5.41) is 24.4. The molecule has 0 amide bonds. The van der Waals surface area contributed by atoms with E-state index in [9.17, 15) is 19.2 Å². The zero-order valence-corrected chi connectivity index (χ0v) is 15.0. The topological polar surface area (TPSA) is 72.1 Å². The summed E-state index contributed by atoms with van der Waals surface area (Å²) in [7, 11) is 0. The maximum atomic E-state index is 14.2. The molecule has 128 valence electrons. The van der Waals surface area contributed by atoms with Gasteiger partial charge in [0, 0.05) is 16.5 Å². The predicted octanol–water partition coefficient (Wildman–Crippen LogP) is 3.93. The minimum absolute atomic E-state index is 0.0234. The van der Waals surface area contributed by atoms with Gasteiger partial charge in [-0.15, -0.1) is 18.3 Å². The number of nitrogens with zero attached hydrogens (tertiary/aromatic N) is 1. The lowest BCUT2D eigenvalue weighted by atomic mass is 9.91. The molecule has 4 nitrogen and oxygen atoms in total. The van der Waals surface area contributed by atoms with Crippen molar-refractivity contribution in [2.24, 2.45) is 5.73 Å². The quantitative estimate of drug-likeness (QED) is 0.466. The van der Waals surface area contributed by atoms with Crippen LogP contribution >= 0.6 is 27.7 Å². The fourth-order valence-corrected chi connectivity index (χ4v) is 4.76. The molecule has 1 heterocycles. The summed E-state index contributed by atoms with van der Waals surface area (Å²) in [4.78, 5) is -2.00. The number of quaternary nitrogens is 1. The van der Waals surface area contributed by atoms with Crippen molar-refractivity contribution < 1.29 is 13.6 Å². The van der Waals surface area contributed by atoms with Crippen LogP contribution in [0.1, 0.15) is 18.9 Å². The van der Waals surface area contributed by atoms with Crippen LogP contribution in [0.2, 0.25) is 0 Å². The lowest BCUT2D eigenvalue weighted by Crippen LogP contribution is -2.70. The summed E-state index contributed by atoms with van der Waals surface area (Å²) in [6.45, 7) is 3.30. The molecule has 0 aliphatic carbocycles. The van der Waals surface area contributed by atoms with E-state index in [-0.39, 0.29) is 12.0 Å². The molecule has 0 aromatic heterocycles. The number of nitrogens with two attached hydrogens (primary N) is 1. The van der Waals surface area contributed by atoms with E-state index in [0.29, 0.717) is 4.47 Å². The van der Waals surface area contributed by atoms with Crippen LogP contribution in [-0.4, -0.2) is 28.9 Å². The number of rotatable bonds is 4. The molecule has 1 fully saturated rings. The SMILES string of the molecule is C=CC[C@]1(C)C(N)S[C@@](CF)(c2cc(Br)ccc2F)C[N+]1([O-])[O-]. The van der Waals surface area contributed by atoms with Crippen molar-refractivity contribution in [3.05, 3.63) is 57.1 Å². The van der Waals surface area contributed by atoms with Crippen molar-refractivity contribution >= 4 is 27.7 Å². The standard InChI is InChI=1S/C15H18BrF2N2O2S/c1-3-6-14(2)13(19)23-15(8-17,9-20(14,21)22)11-7-10(16)4-5-12(11)18/h3-5,7,13H,1,6,8-9,19H2,2H3/q-1/t13?,14-,15-/m1/s1. The van der Waals surface area contributed by atoms with E-state index in [1.165, 1.54) is 31.2 Å². The largest absolute Gasteiger partial charge is 0.631 e. The van der Waals surface area contributed by atoms with Crippen LogP contribution in [0.3, 0.4) is 0 Å². The Labute approximate surface area is 146 Å². The first-order chi connectivity index (χ1) is 10.6. The molecule has 0 saturated carbocycles.